The zero-order chi connectivity index (χ0) is 13.1. The number of nitrogens with zero attached hydrogens (tertiary/aromatic N) is 2. The molecule has 18 heavy (non-hydrogen) atoms. The lowest BCUT2D eigenvalue weighted by Crippen LogP contribution is -1.96. The molecule has 0 fully saturated rings. The lowest BCUT2D eigenvalue weighted by molar-refractivity contribution is 0.101. The molecular formula is C14H16N2OS. The minimum atomic E-state index is 0.105. The first-order chi connectivity index (χ1) is 8.56. The second-order valence-corrected chi connectivity index (χ2v) is 5.32. The van der Waals surface area contributed by atoms with E-state index in [2.05, 4.69) is 11.2 Å². The number of carbonyl (C=O) groups is 1. The van der Waals surface area contributed by atoms with Crippen molar-refractivity contribution in [2.24, 2.45) is 7.05 Å². The molecule has 4 heteroatoms. The van der Waals surface area contributed by atoms with Crippen LogP contribution in [0.5, 0.6) is 0 Å². The van der Waals surface area contributed by atoms with Crippen molar-refractivity contribution in [2.45, 2.75) is 24.5 Å². The van der Waals surface area contributed by atoms with E-state index in [-0.39, 0.29) is 5.78 Å². The molecule has 0 saturated carbocycles. The van der Waals surface area contributed by atoms with Crippen LogP contribution in [0, 0.1) is 6.92 Å². The van der Waals surface area contributed by atoms with Crippen molar-refractivity contribution in [3.8, 4) is 0 Å². The second kappa shape index (κ2) is 5.40. The lowest BCUT2D eigenvalue weighted by atomic mass is 10.2. The van der Waals surface area contributed by atoms with Crippen molar-refractivity contribution in [2.75, 3.05) is 0 Å². The third kappa shape index (κ3) is 3.01. The zero-order valence-electron chi connectivity index (χ0n) is 10.8. The van der Waals surface area contributed by atoms with Crippen molar-refractivity contribution in [3.05, 3.63) is 47.3 Å². The van der Waals surface area contributed by atoms with Crippen LogP contribution in [0.3, 0.4) is 0 Å². The van der Waals surface area contributed by atoms with Crippen molar-refractivity contribution in [3.63, 3.8) is 0 Å². The van der Waals surface area contributed by atoms with E-state index in [0.717, 1.165) is 21.9 Å². The number of rotatable bonds is 4. The van der Waals surface area contributed by atoms with Crippen LogP contribution in [-0.2, 0) is 12.8 Å². The maximum atomic E-state index is 11.3. The largest absolute Gasteiger partial charge is 0.295 e. The van der Waals surface area contributed by atoms with Crippen molar-refractivity contribution in [1.82, 2.24) is 9.78 Å². The van der Waals surface area contributed by atoms with Gasteiger partial charge in [0.25, 0.3) is 0 Å². The number of carbonyl (C=O) groups excluding carboxylic acids is 1. The quantitative estimate of drug-likeness (QED) is 0.625. The summed E-state index contributed by atoms with van der Waals surface area (Å²) < 4.78 is 1.90. The van der Waals surface area contributed by atoms with Gasteiger partial charge in [0, 0.05) is 29.0 Å². The van der Waals surface area contributed by atoms with Crippen molar-refractivity contribution >= 4 is 17.5 Å². The highest BCUT2D eigenvalue weighted by atomic mass is 32.2. The Bertz CT molecular complexity index is 575. The fourth-order valence-electron chi connectivity index (χ4n) is 1.76. The Balaban J connectivity index is 2.08. The predicted molar refractivity (Wildman–Crippen MR) is 74.0 cm³/mol. The van der Waals surface area contributed by atoms with Crippen LogP contribution in [0.15, 0.2) is 35.2 Å². The summed E-state index contributed by atoms with van der Waals surface area (Å²) in [5, 5.41) is 4.32. The summed E-state index contributed by atoms with van der Waals surface area (Å²) in [7, 11) is 1.95. The molecule has 0 saturated heterocycles. The fourth-order valence-corrected chi connectivity index (χ4v) is 2.73. The molecule has 0 N–H and O–H groups in total. The molecule has 94 valence electrons. The summed E-state index contributed by atoms with van der Waals surface area (Å²) in [6.07, 6.45) is 0. The number of aromatic nitrogens is 2. The summed E-state index contributed by atoms with van der Waals surface area (Å²) >= 11 is 1.72. The van der Waals surface area contributed by atoms with Gasteiger partial charge in [0.2, 0.25) is 0 Å². The Kier molecular flexibility index (Phi) is 3.87. The van der Waals surface area contributed by atoms with Crippen LogP contribution in [0.1, 0.15) is 28.7 Å². The van der Waals surface area contributed by atoms with Gasteiger partial charge in [-0.25, -0.2) is 0 Å². The Morgan fingerprint density at radius 3 is 2.78 bits per heavy atom. The van der Waals surface area contributed by atoms with Crippen LogP contribution < -0.4 is 0 Å². The molecule has 1 aromatic carbocycles. The van der Waals surface area contributed by atoms with Gasteiger partial charge in [-0.3, -0.25) is 9.48 Å². The molecule has 0 atom stereocenters. The topological polar surface area (TPSA) is 34.9 Å². The first kappa shape index (κ1) is 12.9. The minimum absolute atomic E-state index is 0.105. The van der Waals surface area contributed by atoms with E-state index in [1.165, 1.54) is 5.69 Å². The number of hydrogen-bond donors (Lipinski definition) is 0. The van der Waals surface area contributed by atoms with Crippen LogP contribution in [0.4, 0.5) is 0 Å². The molecule has 0 radical (unpaired) electrons. The molecule has 1 aromatic heterocycles. The average Bonchev–Trinajstić information content (AvgIpc) is 2.65. The molecule has 2 aromatic rings. The summed E-state index contributed by atoms with van der Waals surface area (Å²) in [6, 6.07) is 9.83. The van der Waals surface area contributed by atoms with Crippen LogP contribution >= 0.6 is 11.8 Å². The van der Waals surface area contributed by atoms with E-state index in [1.54, 1.807) is 18.7 Å². The normalized spacial score (nSPS) is 10.6. The fraction of sp³-hybridized carbons (Fsp3) is 0.286. The van der Waals surface area contributed by atoms with Crippen molar-refractivity contribution < 1.29 is 4.79 Å². The van der Waals surface area contributed by atoms with Gasteiger partial charge >= 0.3 is 0 Å². The van der Waals surface area contributed by atoms with Gasteiger partial charge in [-0.05, 0) is 32.0 Å². The standard InChI is InChI=1S/C14H16N2OS/c1-10-7-13(16(3)15-10)9-18-14-6-4-5-12(8-14)11(2)17/h4-8H,9H2,1-3H3. The number of hydrogen-bond acceptors (Lipinski definition) is 3. The Morgan fingerprint density at radius 2 is 2.17 bits per heavy atom. The lowest BCUT2D eigenvalue weighted by Gasteiger charge is -2.03. The molecule has 1 heterocycles. The molecule has 0 unspecified atom stereocenters. The highest BCUT2D eigenvalue weighted by Gasteiger charge is 2.04. The molecule has 2 rings (SSSR count). The molecule has 0 aliphatic rings. The monoisotopic (exact) mass is 260 g/mol. The first-order valence-corrected chi connectivity index (χ1v) is 6.78. The number of Topliss-reactive ketones (excluding diaryl/α,β-unsaturated/α-hetero) is 1. The summed E-state index contributed by atoms with van der Waals surface area (Å²) in [5.74, 6) is 0.965. The summed E-state index contributed by atoms with van der Waals surface area (Å²) in [5.41, 5.74) is 2.98. The van der Waals surface area contributed by atoms with Crippen LogP contribution in [0.2, 0.25) is 0 Å². The van der Waals surface area contributed by atoms with Gasteiger partial charge in [-0.2, -0.15) is 5.10 Å². The van der Waals surface area contributed by atoms with Crippen molar-refractivity contribution in [1.29, 1.82) is 0 Å². The van der Waals surface area contributed by atoms with Gasteiger partial charge in [0.1, 0.15) is 0 Å². The highest BCUT2D eigenvalue weighted by Crippen LogP contribution is 2.23. The van der Waals surface area contributed by atoms with Gasteiger partial charge in [-0.1, -0.05) is 12.1 Å². The molecule has 3 nitrogen and oxygen atoms in total. The SMILES string of the molecule is CC(=O)c1cccc(SCc2cc(C)nn2C)c1. The van der Waals surface area contributed by atoms with E-state index >= 15 is 0 Å². The molecule has 0 aliphatic heterocycles. The third-order valence-corrected chi connectivity index (χ3v) is 3.75. The predicted octanol–water partition coefficient (Wildman–Crippen LogP) is 3.22. The van der Waals surface area contributed by atoms with E-state index < -0.39 is 0 Å². The highest BCUT2D eigenvalue weighted by molar-refractivity contribution is 7.98. The maximum Gasteiger partial charge on any atom is 0.159 e. The molecular weight excluding hydrogens is 244 g/mol. The molecule has 0 bridgehead atoms. The number of thioether (sulfide) groups is 1. The number of ketones is 1. The van der Waals surface area contributed by atoms with Gasteiger partial charge in [0.05, 0.1) is 5.69 Å². The summed E-state index contributed by atoms with van der Waals surface area (Å²) in [4.78, 5) is 12.4. The van der Waals surface area contributed by atoms with E-state index in [9.17, 15) is 4.79 Å². The zero-order valence-corrected chi connectivity index (χ0v) is 11.6. The number of aryl methyl sites for hydroxylation is 2. The molecule has 0 amide bonds. The minimum Gasteiger partial charge on any atom is -0.295 e. The third-order valence-electron chi connectivity index (χ3n) is 2.73. The number of benzene rings is 1. The molecule has 0 spiro atoms. The van der Waals surface area contributed by atoms with Gasteiger partial charge < -0.3 is 0 Å². The second-order valence-electron chi connectivity index (χ2n) is 4.27. The van der Waals surface area contributed by atoms with E-state index in [1.807, 2.05) is 42.9 Å². The smallest absolute Gasteiger partial charge is 0.159 e. The van der Waals surface area contributed by atoms with Crippen LogP contribution in [-0.4, -0.2) is 15.6 Å². The van der Waals surface area contributed by atoms with Crippen LogP contribution in [0.25, 0.3) is 0 Å². The first-order valence-electron chi connectivity index (χ1n) is 5.79. The summed E-state index contributed by atoms with van der Waals surface area (Å²) in [6.45, 7) is 3.58. The Labute approximate surface area is 111 Å². The average molecular weight is 260 g/mol. The maximum absolute atomic E-state index is 11.3. The van der Waals surface area contributed by atoms with Gasteiger partial charge in [0.15, 0.2) is 5.78 Å². The van der Waals surface area contributed by atoms with E-state index in [0.29, 0.717) is 0 Å². The Hall–Kier alpha value is -1.55. The molecule has 0 aliphatic carbocycles. The van der Waals surface area contributed by atoms with Gasteiger partial charge in [-0.15, -0.1) is 11.8 Å². The Morgan fingerprint density at radius 1 is 1.39 bits per heavy atom. The van der Waals surface area contributed by atoms with E-state index in [4.69, 9.17) is 0 Å².